The minimum absolute atomic E-state index is 0.138. The van der Waals surface area contributed by atoms with Crippen molar-refractivity contribution in [3.05, 3.63) is 65.5 Å². The first-order valence-corrected chi connectivity index (χ1v) is 7.39. The highest BCUT2D eigenvalue weighted by atomic mass is 15.0. The molecule has 1 atom stereocenters. The second-order valence-corrected chi connectivity index (χ2v) is 6.27. The van der Waals surface area contributed by atoms with Gasteiger partial charge in [-0.1, -0.05) is 50.2 Å². The smallest absolute Gasteiger partial charge is 0.0605 e. The highest BCUT2D eigenvalue weighted by Gasteiger charge is 2.26. The fourth-order valence-corrected chi connectivity index (χ4v) is 2.98. The quantitative estimate of drug-likeness (QED) is 0.914. The van der Waals surface area contributed by atoms with Crippen molar-refractivity contribution in [2.45, 2.75) is 38.1 Å². The topological polar surface area (TPSA) is 24.9 Å². The fraction of sp³-hybridized carbons (Fsp3) is 0.389. The van der Waals surface area contributed by atoms with E-state index < -0.39 is 0 Å². The highest BCUT2D eigenvalue weighted by molar-refractivity contribution is 5.29. The lowest BCUT2D eigenvalue weighted by Crippen LogP contribution is -2.34. The molecule has 104 valence electrons. The van der Waals surface area contributed by atoms with Crippen LogP contribution in [0.25, 0.3) is 0 Å². The van der Waals surface area contributed by atoms with Crippen LogP contribution in [0.4, 0.5) is 0 Å². The Bertz CT molecular complexity index is 575. The van der Waals surface area contributed by atoms with Crippen LogP contribution >= 0.6 is 0 Å². The monoisotopic (exact) mass is 266 g/mol. The number of pyridine rings is 1. The molecule has 20 heavy (non-hydrogen) atoms. The molecule has 0 fully saturated rings. The van der Waals surface area contributed by atoms with Gasteiger partial charge in [-0.3, -0.25) is 4.98 Å². The van der Waals surface area contributed by atoms with Crippen molar-refractivity contribution in [3.8, 4) is 0 Å². The number of aromatic nitrogens is 1. The second-order valence-electron chi connectivity index (χ2n) is 6.27. The van der Waals surface area contributed by atoms with Crippen LogP contribution in [-0.2, 0) is 11.8 Å². The molecule has 1 N–H and O–H groups in total. The molecule has 0 amide bonds. The molecule has 1 unspecified atom stereocenters. The van der Waals surface area contributed by atoms with Crippen LogP contribution in [0.5, 0.6) is 0 Å². The molecule has 2 heteroatoms. The van der Waals surface area contributed by atoms with E-state index >= 15 is 0 Å². The summed E-state index contributed by atoms with van der Waals surface area (Å²) < 4.78 is 0. The van der Waals surface area contributed by atoms with Gasteiger partial charge in [0.15, 0.2) is 0 Å². The summed E-state index contributed by atoms with van der Waals surface area (Å²) in [5.41, 5.74) is 4.17. The van der Waals surface area contributed by atoms with E-state index in [-0.39, 0.29) is 5.41 Å². The maximum Gasteiger partial charge on any atom is 0.0605 e. The molecule has 1 aliphatic rings. The zero-order valence-corrected chi connectivity index (χ0v) is 12.3. The average molecular weight is 266 g/mol. The van der Waals surface area contributed by atoms with Crippen molar-refractivity contribution in [1.29, 1.82) is 0 Å². The Morgan fingerprint density at radius 3 is 2.75 bits per heavy atom. The van der Waals surface area contributed by atoms with E-state index in [2.05, 4.69) is 60.5 Å². The Balaban J connectivity index is 1.69. The van der Waals surface area contributed by atoms with E-state index in [1.54, 1.807) is 0 Å². The van der Waals surface area contributed by atoms with Gasteiger partial charge in [0.25, 0.3) is 0 Å². The van der Waals surface area contributed by atoms with Crippen molar-refractivity contribution >= 4 is 0 Å². The van der Waals surface area contributed by atoms with Gasteiger partial charge in [0.1, 0.15) is 0 Å². The van der Waals surface area contributed by atoms with Crippen LogP contribution < -0.4 is 5.32 Å². The number of hydrogen-bond acceptors (Lipinski definition) is 2. The summed E-state index contributed by atoms with van der Waals surface area (Å²) in [7, 11) is 0. The molecule has 0 aliphatic heterocycles. The van der Waals surface area contributed by atoms with Crippen molar-refractivity contribution in [3.63, 3.8) is 0 Å². The Kier molecular flexibility index (Phi) is 3.58. The summed E-state index contributed by atoms with van der Waals surface area (Å²) >= 11 is 0. The summed E-state index contributed by atoms with van der Waals surface area (Å²) in [6.07, 6.45) is 4.21. The maximum absolute atomic E-state index is 4.55. The number of nitrogens with zero attached hydrogens (tertiary/aromatic N) is 1. The second kappa shape index (κ2) is 5.37. The fourth-order valence-electron chi connectivity index (χ4n) is 2.98. The zero-order chi connectivity index (χ0) is 14.0. The summed E-state index contributed by atoms with van der Waals surface area (Å²) in [5, 5.41) is 3.71. The first kappa shape index (κ1) is 13.3. The number of nitrogens with one attached hydrogen (secondary N) is 1. The average Bonchev–Trinajstić information content (AvgIpc) is 2.89. The summed E-state index contributed by atoms with van der Waals surface area (Å²) in [6.45, 7) is 5.56. The largest absolute Gasteiger partial charge is 0.308 e. The van der Waals surface area contributed by atoms with E-state index in [9.17, 15) is 0 Å². The number of fused-ring (bicyclic) bond motifs is 1. The minimum Gasteiger partial charge on any atom is -0.308 e. The van der Waals surface area contributed by atoms with Gasteiger partial charge in [0.05, 0.1) is 11.7 Å². The van der Waals surface area contributed by atoms with Gasteiger partial charge in [0, 0.05) is 18.2 Å². The van der Waals surface area contributed by atoms with Crippen LogP contribution in [0.3, 0.4) is 0 Å². The van der Waals surface area contributed by atoms with Crippen LogP contribution in [0.15, 0.2) is 48.7 Å². The number of rotatable bonds is 4. The molecule has 1 heterocycles. The van der Waals surface area contributed by atoms with E-state index in [0.29, 0.717) is 6.04 Å². The van der Waals surface area contributed by atoms with Gasteiger partial charge in [-0.25, -0.2) is 0 Å². The van der Waals surface area contributed by atoms with E-state index in [4.69, 9.17) is 0 Å². The number of hydrogen-bond donors (Lipinski definition) is 1. The molecule has 1 aliphatic carbocycles. The van der Waals surface area contributed by atoms with Crippen LogP contribution in [0, 0.1) is 0 Å². The molecule has 2 aromatic rings. The standard InChI is InChI=1S/C18H22N2/c1-18(2,15-8-4-3-5-9-15)13-20-16-11-10-14-7-6-12-19-17(14)16/h3-9,12,16,20H,10-11,13H2,1-2H3. The number of aryl methyl sites for hydroxylation is 1. The maximum atomic E-state index is 4.55. The predicted octanol–water partition coefficient (Wildman–Crippen LogP) is 3.64. The third kappa shape index (κ3) is 2.61. The van der Waals surface area contributed by atoms with Gasteiger partial charge in [-0.2, -0.15) is 0 Å². The minimum atomic E-state index is 0.138. The summed E-state index contributed by atoms with van der Waals surface area (Å²) in [5.74, 6) is 0. The van der Waals surface area contributed by atoms with Gasteiger partial charge in [-0.05, 0) is 30.0 Å². The first-order chi connectivity index (χ1) is 9.67. The SMILES string of the molecule is CC(C)(CNC1CCc2cccnc21)c1ccccc1. The molecule has 3 rings (SSSR count). The van der Waals surface area contributed by atoms with E-state index in [0.717, 1.165) is 19.4 Å². The molecular formula is C18H22N2. The van der Waals surface area contributed by atoms with Crippen LogP contribution in [-0.4, -0.2) is 11.5 Å². The predicted molar refractivity (Wildman–Crippen MR) is 82.8 cm³/mol. The zero-order valence-electron chi connectivity index (χ0n) is 12.3. The summed E-state index contributed by atoms with van der Waals surface area (Å²) in [4.78, 5) is 4.55. The Morgan fingerprint density at radius 2 is 1.95 bits per heavy atom. The van der Waals surface area contributed by atoms with Crippen molar-refractivity contribution < 1.29 is 0 Å². The lowest BCUT2D eigenvalue weighted by Gasteiger charge is -2.27. The number of benzene rings is 1. The molecule has 2 nitrogen and oxygen atoms in total. The third-order valence-corrected chi connectivity index (χ3v) is 4.30. The van der Waals surface area contributed by atoms with Gasteiger partial charge in [-0.15, -0.1) is 0 Å². The van der Waals surface area contributed by atoms with Crippen LogP contribution in [0.1, 0.15) is 43.1 Å². The highest BCUT2D eigenvalue weighted by Crippen LogP contribution is 2.30. The molecular weight excluding hydrogens is 244 g/mol. The first-order valence-electron chi connectivity index (χ1n) is 7.39. The van der Waals surface area contributed by atoms with Gasteiger partial charge < -0.3 is 5.32 Å². The van der Waals surface area contributed by atoms with Crippen molar-refractivity contribution in [2.75, 3.05) is 6.54 Å². The lowest BCUT2D eigenvalue weighted by molar-refractivity contribution is 0.417. The van der Waals surface area contributed by atoms with Crippen LogP contribution in [0.2, 0.25) is 0 Å². The van der Waals surface area contributed by atoms with E-state index in [1.807, 2.05) is 12.3 Å². The molecule has 0 saturated carbocycles. The lowest BCUT2D eigenvalue weighted by atomic mass is 9.84. The summed E-state index contributed by atoms with van der Waals surface area (Å²) in [6, 6.07) is 15.4. The molecule has 1 aromatic carbocycles. The van der Waals surface area contributed by atoms with Gasteiger partial charge in [0.2, 0.25) is 0 Å². The molecule has 0 bridgehead atoms. The Hall–Kier alpha value is -1.67. The van der Waals surface area contributed by atoms with Crippen molar-refractivity contribution in [2.24, 2.45) is 0 Å². The van der Waals surface area contributed by atoms with Crippen molar-refractivity contribution in [1.82, 2.24) is 10.3 Å². The molecule has 0 saturated heterocycles. The molecule has 0 spiro atoms. The van der Waals surface area contributed by atoms with Gasteiger partial charge >= 0.3 is 0 Å². The third-order valence-electron chi connectivity index (χ3n) is 4.30. The van der Waals surface area contributed by atoms with E-state index in [1.165, 1.54) is 16.8 Å². The Morgan fingerprint density at radius 1 is 1.15 bits per heavy atom. The Labute approximate surface area is 121 Å². The molecule has 0 radical (unpaired) electrons. The molecule has 1 aromatic heterocycles. The normalized spacial score (nSPS) is 18.0.